The number of amides is 1. The third kappa shape index (κ3) is 10.8. The van der Waals surface area contributed by atoms with Gasteiger partial charge in [-0.25, -0.2) is 4.79 Å². The van der Waals surface area contributed by atoms with Crippen molar-refractivity contribution in [3.63, 3.8) is 0 Å². The van der Waals surface area contributed by atoms with E-state index in [2.05, 4.69) is 38.6 Å². The van der Waals surface area contributed by atoms with Crippen molar-refractivity contribution in [3.05, 3.63) is 113 Å². The van der Waals surface area contributed by atoms with Gasteiger partial charge >= 0.3 is 6.09 Å². The molecule has 2 aliphatic carbocycles. The quantitative estimate of drug-likeness (QED) is 0.0483. The van der Waals surface area contributed by atoms with Crippen LogP contribution < -0.4 is 9.47 Å². The molecule has 1 amide bonds. The van der Waals surface area contributed by atoms with E-state index >= 15 is 0 Å². The van der Waals surface area contributed by atoms with Crippen molar-refractivity contribution in [1.29, 1.82) is 0 Å². The number of oxime groups is 1. The van der Waals surface area contributed by atoms with Gasteiger partial charge < -0.3 is 43.8 Å². The molecule has 61 heavy (non-hydrogen) atoms. The highest BCUT2D eigenvalue weighted by Crippen LogP contribution is 2.62. The van der Waals surface area contributed by atoms with Gasteiger partial charge in [0.25, 0.3) is 0 Å². The Hall–Kier alpha value is -4.72. The average Bonchev–Trinajstić information content (AvgIpc) is 3.26. The number of unbranched alkanes of at least 4 members (excludes halogenated alkanes) is 2. The van der Waals surface area contributed by atoms with Crippen LogP contribution in [0.15, 0.2) is 96.2 Å². The van der Waals surface area contributed by atoms with Crippen molar-refractivity contribution in [2.45, 2.75) is 90.1 Å². The van der Waals surface area contributed by atoms with E-state index in [4.69, 9.17) is 33.7 Å². The second-order valence-corrected chi connectivity index (χ2v) is 16.1. The fourth-order valence-electron chi connectivity index (χ4n) is 9.29. The molecular weight excluding hydrogens is 777 g/mol. The fourth-order valence-corrected chi connectivity index (χ4v) is 9.29. The maximum atomic E-state index is 14.2. The molecule has 1 saturated carbocycles. The van der Waals surface area contributed by atoms with Crippen LogP contribution >= 0.6 is 0 Å². The van der Waals surface area contributed by atoms with Gasteiger partial charge in [-0.1, -0.05) is 66.5 Å². The first kappa shape index (κ1) is 45.8. The van der Waals surface area contributed by atoms with Crippen LogP contribution in [0.4, 0.5) is 4.79 Å². The number of rotatable bonds is 23. The number of carbonyl (C=O) groups excluding carboxylic acids is 1. The lowest BCUT2D eigenvalue weighted by Crippen LogP contribution is -2.70. The first-order chi connectivity index (χ1) is 29.8. The Labute approximate surface area is 360 Å². The maximum absolute atomic E-state index is 14.2. The molecule has 6 rings (SSSR count). The first-order valence-corrected chi connectivity index (χ1v) is 21.9. The van der Waals surface area contributed by atoms with Crippen molar-refractivity contribution in [2.75, 3.05) is 52.8 Å². The molecule has 330 valence electrons. The molecule has 3 aliphatic rings. The number of aliphatic hydroxyl groups excluding tert-OH is 3. The SMILES string of the molecule is C=CCOC12Oc3ccc(Oc4ccc(C)c(C)c4)cc3C3C(CCCCO)C(CCCCO)C=C(C(=NOCc4ccccc4)CC1N(CCOCCO)C(=O)OCC)C32. The second-order valence-electron chi connectivity index (χ2n) is 16.1. The van der Waals surface area contributed by atoms with Crippen LogP contribution in [0.3, 0.4) is 0 Å². The highest BCUT2D eigenvalue weighted by Gasteiger charge is 2.65. The Balaban J connectivity index is 1.57. The molecule has 1 fully saturated rings. The molecule has 6 unspecified atom stereocenters. The molecule has 6 atom stereocenters. The van der Waals surface area contributed by atoms with E-state index in [9.17, 15) is 20.1 Å². The molecule has 12 heteroatoms. The summed E-state index contributed by atoms with van der Waals surface area (Å²) in [4.78, 5) is 22.0. The molecular formula is C49H64N2O10. The Morgan fingerprint density at radius 3 is 2.41 bits per heavy atom. The normalized spacial score (nSPS) is 23.3. The van der Waals surface area contributed by atoms with Gasteiger partial charge in [0.1, 0.15) is 29.9 Å². The van der Waals surface area contributed by atoms with Crippen molar-refractivity contribution in [3.8, 4) is 17.2 Å². The summed E-state index contributed by atoms with van der Waals surface area (Å²) < 4.78 is 32.4. The van der Waals surface area contributed by atoms with Gasteiger partial charge in [-0.2, -0.15) is 0 Å². The van der Waals surface area contributed by atoms with Crippen LogP contribution in [0.2, 0.25) is 0 Å². The summed E-state index contributed by atoms with van der Waals surface area (Å²) in [6.07, 6.45) is 8.22. The molecule has 0 saturated heterocycles. The number of benzene rings is 3. The summed E-state index contributed by atoms with van der Waals surface area (Å²) in [6.45, 7) is 10.8. The van der Waals surface area contributed by atoms with Crippen LogP contribution in [-0.4, -0.2) is 96.6 Å². The molecule has 3 aromatic rings. The molecule has 3 aromatic carbocycles. The van der Waals surface area contributed by atoms with Crippen molar-refractivity contribution >= 4 is 11.8 Å². The Kier molecular flexibility index (Phi) is 16.8. The largest absolute Gasteiger partial charge is 0.459 e. The molecule has 3 N–H and O–H groups in total. The van der Waals surface area contributed by atoms with Crippen LogP contribution in [0, 0.1) is 31.6 Å². The molecule has 12 nitrogen and oxygen atoms in total. The Morgan fingerprint density at radius 1 is 0.934 bits per heavy atom. The predicted molar refractivity (Wildman–Crippen MR) is 234 cm³/mol. The zero-order valence-electron chi connectivity index (χ0n) is 36.0. The zero-order chi connectivity index (χ0) is 43.2. The van der Waals surface area contributed by atoms with E-state index in [1.54, 1.807) is 17.9 Å². The third-order valence-corrected chi connectivity index (χ3v) is 12.2. The maximum Gasteiger partial charge on any atom is 0.410 e. The van der Waals surface area contributed by atoms with Gasteiger partial charge in [-0.05, 0) is 111 Å². The van der Waals surface area contributed by atoms with Gasteiger partial charge in [0, 0.05) is 37.7 Å². The third-order valence-electron chi connectivity index (χ3n) is 12.2. The van der Waals surface area contributed by atoms with E-state index in [0.29, 0.717) is 30.1 Å². The average molecular weight is 841 g/mol. The molecule has 0 spiro atoms. The van der Waals surface area contributed by atoms with Crippen LogP contribution in [0.25, 0.3) is 0 Å². The number of allylic oxidation sites excluding steroid dienone is 1. The van der Waals surface area contributed by atoms with E-state index in [1.807, 2.05) is 54.6 Å². The molecule has 0 aromatic heterocycles. The van der Waals surface area contributed by atoms with Crippen molar-refractivity contribution in [1.82, 2.24) is 4.90 Å². The number of aryl methyl sites for hydroxylation is 2. The van der Waals surface area contributed by atoms with Gasteiger partial charge in [-0.3, -0.25) is 4.90 Å². The second kappa shape index (κ2) is 22.4. The van der Waals surface area contributed by atoms with Crippen LogP contribution in [-0.2, 0) is 25.7 Å². The molecule has 0 bridgehead atoms. The topological polar surface area (TPSA) is 149 Å². The number of carbonyl (C=O) groups is 1. The van der Waals surface area contributed by atoms with Gasteiger partial charge in [0.2, 0.25) is 5.79 Å². The molecule has 1 aliphatic heterocycles. The van der Waals surface area contributed by atoms with Crippen molar-refractivity contribution < 1.29 is 48.6 Å². The molecule has 0 radical (unpaired) electrons. The van der Waals surface area contributed by atoms with Crippen molar-refractivity contribution in [2.24, 2.45) is 22.9 Å². The first-order valence-electron chi connectivity index (χ1n) is 21.9. The Bertz CT molecular complexity index is 1950. The van der Waals surface area contributed by atoms with E-state index < -0.39 is 23.8 Å². The minimum atomic E-state index is -1.46. The highest BCUT2D eigenvalue weighted by atomic mass is 16.7. The number of aliphatic hydroxyl groups is 3. The van der Waals surface area contributed by atoms with Crippen LogP contribution in [0.5, 0.6) is 17.2 Å². The summed E-state index contributed by atoms with van der Waals surface area (Å²) in [5.41, 5.74) is 5.82. The number of hydrogen-bond donors (Lipinski definition) is 3. The zero-order valence-corrected chi connectivity index (χ0v) is 36.0. The van der Waals surface area contributed by atoms with Crippen LogP contribution in [0.1, 0.15) is 80.0 Å². The lowest BCUT2D eigenvalue weighted by Gasteiger charge is -2.59. The van der Waals surface area contributed by atoms with Gasteiger partial charge in [-0.15, -0.1) is 6.58 Å². The number of fused-ring (bicyclic) bond motifs is 2. The van der Waals surface area contributed by atoms with E-state index in [-0.39, 0.29) is 83.6 Å². The summed E-state index contributed by atoms with van der Waals surface area (Å²) in [5, 5.41) is 34.3. The smallest absolute Gasteiger partial charge is 0.410 e. The van der Waals surface area contributed by atoms with E-state index in [1.165, 1.54) is 5.56 Å². The molecule has 1 heterocycles. The minimum Gasteiger partial charge on any atom is -0.459 e. The standard InChI is InChI=1S/C49H64N2O10/c1-5-26-58-49-45(51(48(55)57-6-2)22-27-56-28-25-54)32-43(50-59-33-36-14-8-7-9-15-36)41-30-37(16-10-12-23-52)40(17-11-13-24-53)46(47(41)49)42-31-39(20-21-44(42)61-49)60-38-19-18-34(3)35(4)29-38/h5,7-9,14-15,18-21,29-31,37,40,45-47,52-54H,1,6,10-13,16-17,22-28,32-33H2,2-4H3. The fraction of sp³-hybridized carbons (Fsp3) is 0.510. The minimum absolute atomic E-state index is 0.0411. The Morgan fingerprint density at radius 2 is 1.69 bits per heavy atom. The summed E-state index contributed by atoms with van der Waals surface area (Å²) in [7, 11) is 0. The summed E-state index contributed by atoms with van der Waals surface area (Å²) >= 11 is 0. The highest BCUT2D eigenvalue weighted by molar-refractivity contribution is 6.03. The predicted octanol–water partition coefficient (Wildman–Crippen LogP) is 8.40. The van der Waals surface area contributed by atoms with E-state index in [0.717, 1.165) is 53.7 Å². The number of hydrogen-bond acceptors (Lipinski definition) is 11. The summed E-state index contributed by atoms with van der Waals surface area (Å²) in [6, 6.07) is 21.1. The summed E-state index contributed by atoms with van der Waals surface area (Å²) in [5.74, 6) is -0.0751. The lowest BCUT2D eigenvalue weighted by atomic mass is 9.55. The van der Waals surface area contributed by atoms with Gasteiger partial charge in [0.15, 0.2) is 0 Å². The number of nitrogens with zero attached hydrogens (tertiary/aromatic N) is 2. The monoisotopic (exact) mass is 840 g/mol. The lowest BCUT2D eigenvalue weighted by molar-refractivity contribution is -0.256. The number of ether oxygens (including phenoxy) is 5. The van der Waals surface area contributed by atoms with Gasteiger partial charge in [0.05, 0.1) is 44.7 Å².